The highest BCUT2D eigenvalue weighted by Crippen LogP contribution is 2.21. The molecule has 0 saturated carbocycles. The number of nitrogens with one attached hydrogen (secondary N) is 1. The second-order valence-electron chi connectivity index (χ2n) is 6.74. The number of aliphatic imine (C=N–C) groups is 1. The summed E-state index contributed by atoms with van der Waals surface area (Å²) in [6, 6.07) is 18.9. The number of hydrogen-bond acceptors (Lipinski definition) is 4. The molecule has 1 fully saturated rings. The lowest BCUT2D eigenvalue weighted by Crippen LogP contribution is -2.46. The number of likely N-dealkylation sites (tertiary alicyclic amines) is 1. The normalized spacial score (nSPS) is 18.0. The van der Waals surface area contributed by atoms with E-state index >= 15 is 0 Å². The molecule has 4 heteroatoms. The van der Waals surface area contributed by atoms with Crippen molar-refractivity contribution in [2.24, 2.45) is 4.99 Å². The van der Waals surface area contributed by atoms with Gasteiger partial charge in [0.25, 0.3) is 0 Å². The molecule has 0 bridgehead atoms. The molecule has 0 aromatic heterocycles. The van der Waals surface area contributed by atoms with Crippen LogP contribution in [0.4, 0.5) is 0 Å². The van der Waals surface area contributed by atoms with E-state index in [2.05, 4.69) is 45.5 Å². The van der Waals surface area contributed by atoms with Gasteiger partial charge in [-0.3, -0.25) is 9.79 Å². The topological polar surface area (TPSA) is 44.7 Å². The summed E-state index contributed by atoms with van der Waals surface area (Å²) >= 11 is 0. The second-order valence-corrected chi connectivity index (χ2v) is 6.74. The first-order valence-electron chi connectivity index (χ1n) is 9.00. The third kappa shape index (κ3) is 3.49. The lowest BCUT2D eigenvalue weighted by atomic mass is 9.97. The van der Waals surface area contributed by atoms with Gasteiger partial charge in [0.1, 0.15) is 12.4 Å². The highest BCUT2D eigenvalue weighted by atomic mass is 16.1. The number of ketones is 1. The molecule has 0 unspecified atom stereocenters. The number of Topliss-reactive ketones (excluding diaryl/α,β-unsaturated/α-hetero) is 1. The lowest BCUT2D eigenvalue weighted by molar-refractivity contribution is 0.0999. The lowest BCUT2D eigenvalue weighted by Gasteiger charge is -2.36. The Kier molecular flexibility index (Phi) is 4.61. The van der Waals surface area contributed by atoms with E-state index in [-0.39, 0.29) is 12.3 Å². The number of carbonyl (C=O) groups excluding carboxylic acids is 1. The van der Waals surface area contributed by atoms with Crippen molar-refractivity contribution in [3.05, 3.63) is 71.3 Å². The summed E-state index contributed by atoms with van der Waals surface area (Å²) < 4.78 is 0. The number of rotatable bonds is 3. The van der Waals surface area contributed by atoms with Crippen molar-refractivity contribution in [2.45, 2.75) is 25.4 Å². The molecule has 0 aliphatic carbocycles. The Morgan fingerprint density at radius 1 is 0.960 bits per heavy atom. The quantitative estimate of drug-likeness (QED) is 0.939. The van der Waals surface area contributed by atoms with Crippen LogP contribution in [0.2, 0.25) is 0 Å². The molecule has 2 aliphatic rings. The average Bonchev–Trinajstić information content (AvgIpc) is 2.68. The number of hydrogen-bond donors (Lipinski definition) is 1. The smallest absolute Gasteiger partial charge is 0.185 e. The van der Waals surface area contributed by atoms with Crippen molar-refractivity contribution in [2.75, 3.05) is 19.6 Å². The van der Waals surface area contributed by atoms with E-state index in [4.69, 9.17) is 0 Å². The van der Waals surface area contributed by atoms with Gasteiger partial charge in [0.15, 0.2) is 5.78 Å². The summed E-state index contributed by atoms with van der Waals surface area (Å²) in [6.07, 6.45) is 2.20. The van der Waals surface area contributed by atoms with Crippen molar-refractivity contribution < 1.29 is 4.79 Å². The maximum atomic E-state index is 12.1. The van der Waals surface area contributed by atoms with E-state index in [0.29, 0.717) is 6.04 Å². The molecule has 0 atom stereocenters. The van der Waals surface area contributed by atoms with Crippen LogP contribution in [-0.2, 0) is 6.54 Å². The first-order valence-corrected chi connectivity index (χ1v) is 9.00. The molecular weight excluding hydrogens is 310 g/mol. The number of benzene rings is 2. The van der Waals surface area contributed by atoms with Crippen LogP contribution in [0.3, 0.4) is 0 Å². The molecule has 0 spiro atoms. The summed E-state index contributed by atoms with van der Waals surface area (Å²) in [5.41, 5.74) is 3.14. The van der Waals surface area contributed by atoms with E-state index in [1.165, 1.54) is 5.56 Å². The van der Waals surface area contributed by atoms with E-state index < -0.39 is 0 Å². The molecule has 0 radical (unpaired) electrons. The highest BCUT2D eigenvalue weighted by Gasteiger charge is 2.27. The summed E-state index contributed by atoms with van der Waals surface area (Å²) in [5, 5.41) is 3.67. The van der Waals surface area contributed by atoms with Crippen molar-refractivity contribution in [1.29, 1.82) is 0 Å². The van der Waals surface area contributed by atoms with Gasteiger partial charge in [-0.2, -0.15) is 0 Å². The third-order valence-corrected chi connectivity index (χ3v) is 5.07. The van der Waals surface area contributed by atoms with Gasteiger partial charge in [0, 0.05) is 36.8 Å². The fraction of sp³-hybridized carbons (Fsp3) is 0.333. The standard InChI is InChI=1S/C21H23N3O/c25-20-15-23-21(19-9-5-4-8-18(19)20)24-12-10-17(11-13-24)22-14-16-6-2-1-3-7-16/h1-9,17,22H,10-15H2. The molecule has 4 nitrogen and oxygen atoms in total. The minimum Gasteiger partial charge on any atom is -0.356 e. The molecule has 1 saturated heterocycles. The highest BCUT2D eigenvalue weighted by molar-refractivity contribution is 6.14. The zero-order valence-corrected chi connectivity index (χ0v) is 14.3. The predicted molar refractivity (Wildman–Crippen MR) is 100 cm³/mol. The van der Waals surface area contributed by atoms with Gasteiger partial charge in [-0.15, -0.1) is 0 Å². The Labute approximate surface area is 148 Å². The van der Waals surface area contributed by atoms with Gasteiger partial charge < -0.3 is 10.2 Å². The Bertz CT molecular complexity index is 777. The van der Waals surface area contributed by atoms with Crippen LogP contribution < -0.4 is 5.32 Å². The number of amidine groups is 1. The Morgan fingerprint density at radius 3 is 2.40 bits per heavy atom. The van der Waals surface area contributed by atoms with E-state index in [9.17, 15) is 4.79 Å². The van der Waals surface area contributed by atoms with Gasteiger partial charge in [-0.1, -0.05) is 54.6 Å². The summed E-state index contributed by atoms with van der Waals surface area (Å²) in [5.74, 6) is 1.12. The molecule has 25 heavy (non-hydrogen) atoms. The Morgan fingerprint density at radius 2 is 1.64 bits per heavy atom. The van der Waals surface area contributed by atoms with E-state index in [0.717, 1.165) is 49.4 Å². The predicted octanol–water partition coefficient (Wildman–Crippen LogP) is 2.88. The minimum absolute atomic E-state index is 0.124. The largest absolute Gasteiger partial charge is 0.356 e. The third-order valence-electron chi connectivity index (χ3n) is 5.07. The second kappa shape index (κ2) is 7.19. The number of nitrogens with zero attached hydrogens (tertiary/aromatic N) is 2. The zero-order chi connectivity index (χ0) is 17.1. The van der Waals surface area contributed by atoms with Crippen LogP contribution in [-0.4, -0.2) is 42.2 Å². The first kappa shape index (κ1) is 16.0. The van der Waals surface area contributed by atoms with E-state index in [1.807, 2.05) is 24.3 Å². The van der Waals surface area contributed by atoms with Gasteiger partial charge >= 0.3 is 0 Å². The SMILES string of the molecule is O=C1CN=C(N2CCC(NCc3ccccc3)CC2)c2ccccc21. The molecule has 2 aromatic carbocycles. The molecule has 2 aliphatic heterocycles. The van der Waals surface area contributed by atoms with Crippen LogP contribution in [0, 0.1) is 0 Å². The summed E-state index contributed by atoms with van der Waals surface area (Å²) in [4.78, 5) is 19.0. The minimum atomic E-state index is 0.124. The fourth-order valence-corrected chi connectivity index (χ4v) is 3.66. The van der Waals surface area contributed by atoms with Crippen LogP contribution in [0.5, 0.6) is 0 Å². The van der Waals surface area contributed by atoms with Gasteiger partial charge in [-0.05, 0) is 18.4 Å². The summed E-state index contributed by atoms with van der Waals surface area (Å²) in [6.45, 7) is 3.16. The van der Waals surface area contributed by atoms with Gasteiger partial charge in [-0.25, -0.2) is 0 Å². The molecular formula is C21H23N3O. The van der Waals surface area contributed by atoms with Crippen LogP contribution in [0.15, 0.2) is 59.6 Å². The van der Waals surface area contributed by atoms with Gasteiger partial charge in [0.05, 0.1) is 0 Å². The number of fused-ring (bicyclic) bond motifs is 1. The van der Waals surface area contributed by atoms with Crippen LogP contribution in [0.25, 0.3) is 0 Å². The maximum absolute atomic E-state index is 12.1. The van der Waals surface area contributed by atoms with Crippen LogP contribution >= 0.6 is 0 Å². The zero-order valence-electron chi connectivity index (χ0n) is 14.3. The molecule has 128 valence electrons. The van der Waals surface area contributed by atoms with Gasteiger partial charge in [0.2, 0.25) is 0 Å². The molecule has 2 heterocycles. The van der Waals surface area contributed by atoms with Crippen molar-refractivity contribution >= 4 is 11.6 Å². The van der Waals surface area contributed by atoms with E-state index in [1.54, 1.807) is 0 Å². The van der Waals surface area contributed by atoms with Crippen molar-refractivity contribution in [3.8, 4) is 0 Å². The molecule has 0 amide bonds. The van der Waals surface area contributed by atoms with Crippen molar-refractivity contribution in [3.63, 3.8) is 0 Å². The fourth-order valence-electron chi connectivity index (χ4n) is 3.66. The monoisotopic (exact) mass is 333 g/mol. The first-order chi connectivity index (χ1) is 12.3. The molecule has 4 rings (SSSR count). The van der Waals surface area contributed by atoms with Crippen molar-refractivity contribution in [1.82, 2.24) is 10.2 Å². The molecule has 2 aromatic rings. The Balaban J connectivity index is 1.37. The molecule has 1 N–H and O–H groups in total. The maximum Gasteiger partial charge on any atom is 0.185 e. The number of carbonyl (C=O) groups is 1. The summed E-state index contributed by atoms with van der Waals surface area (Å²) in [7, 11) is 0. The average molecular weight is 333 g/mol. The number of piperidine rings is 1. The Hall–Kier alpha value is -2.46. The van der Waals surface area contributed by atoms with Crippen LogP contribution in [0.1, 0.15) is 34.3 Å².